The van der Waals surface area contributed by atoms with Crippen molar-refractivity contribution in [2.24, 2.45) is 0 Å². The summed E-state index contributed by atoms with van der Waals surface area (Å²) < 4.78 is 28.9. The van der Waals surface area contributed by atoms with Crippen molar-refractivity contribution < 1.29 is 8.42 Å². The first-order chi connectivity index (χ1) is 12.6. The average molecular weight is 381 g/mol. The highest BCUT2D eigenvalue weighted by Gasteiger charge is 2.08. The third kappa shape index (κ3) is 3.68. The van der Waals surface area contributed by atoms with Crippen molar-refractivity contribution in [2.45, 2.75) is 0 Å². The van der Waals surface area contributed by atoms with Gasteiger partial charge in [0.05, 0.1) is 11.1 Å². The molecule has 0 amide bonds. The van der Waals surface area contributed by atoms with E-state index >= 15 is 0 Å². The molecule has 0 fully saturated rings. The van der Waals surface area contributed by atoms with E-state index in [0.717, 1.165) is 21.8 Å². The smallest absolute Gasteiger partial charge is 0.255 e. The van der Waals surface area contributed by atoms with E-state index < -0.39 is 10.0 Å². The summed E-state index contributed by atoms with van der Waals surface area (Å²) in [5.41, 5.74) is 3.12. The topological polar surface area (TPSA) is 63.5 Å². The zero-order valence-electron chi connectivity index (χ0n) is 13.6. The molecule has 0 saturated heterocycles. The van der Waals surface area contributed by atoms with E-state index in [9.17, 15) is 8.42 Å². The van der Waals surface area contributed by atoms with Gasteiger partial charge in [0.2, 0.25) is 0 Å². The highest BCUT2D eigenvalue weighted by molar-refractivity contribution is 7.95. The third-order valence-electron chi connectivity index (χ3n) is 3.77. The van der Waals surface area contributed by atoms with Gasteiger partial charge in [0.1, 0.15) is 0 Å². The van der Waals surface area contributed by atoms with Gasteiger partial charge in [-0.1, -0.05) is 42.5 Å². The number of hydrogen-bond donors (Lipinski definition) is 1. The lowest BCUT2D eigenvalue weighted by Crippen LogP contribution is -2.08. The molecule has 2 heterocycles. The largest absolute Gasteiger partial charge is 0.297 e. The number of thiazole rings is 1. The molecule has 4 aromatic rings. The predicted octanol–water partition coefficient (Wildman–Crippen LogP) is 4.48. The van der Waals surface area contributed by atoms with Crippen LogP contribution in [0.25, 0.3) is 22.3 Å². The molecule has 2 aromatic carbocycles. The Morgan fingerprint density at radius 2 is 1.81 bits per heavy atom. The summed E-state index contributed by atoms with van der Waals surface area (Å²) in [6, 6.07) is 16.5. The fourth-order valence-electron chi connectivity index (χ4n) is 2.51. The molecule has 0 atom stereocenters. The number of fused-ring (bicyclic) bond motifs is 1. The number of benzene rings is 2. The maximum absolute atomic E-state index is 12.2. The van der Waals surface area contributed by atoms with E-state index in [-0.39, 0.29) is 0 Å². The summed E-state index contributed by atoms with van der Waals surface area (Å²) in [5, 5.41) is 3.15. The summed E-state index contributed by atoms with van der Waals surface area (Å²) in [6.07, 6.45) is 5.47. The van der Waals surface area contributed by atoms with Crippen LogP contribution in [0.5, 0.6) is 0 Å². The molecule has 0 bridgehead atoms. The van der Waals surface area contributed by atoms with Crippen LogP contribution in [-0.2, 0) is 10.0 Å². The number of nitrogens with zero attached hydrogens (tertiary/aromatic N) is 2. The van der Waals surface area contributed by atoms with Crippen LogP contribution in [0.15, 0.2) is 77.8 Å². The molecule has 0 unspecified atom stereocenters. The van der Waals surface area contributed by atoms with Crippen LogP contribution in [0.2, 0.25) is 0 Å². The molecule has 0 aliphatic rings. The number of hydrogen-bond acceptors (Lipinski definition) is 4. The molecule has 4 rings (SSSR count). The molecule has 7 heteroatoms. The lowest BCUT2D eigenvalue weighted by atomic mass is 10.1. The van der Waals surface area contributed by atoms with E-state index in [4.69, 9.17) is 0 Å². The second-order valence-corrected chi connectivity index (χ2v) is 8.10. The molecular formula is C19H15N3O2S2. The molecule has 0 aliphatic carbocycles. The fraction of sp³-hybridized carbons (Fsp3) is 0. The SMILES string of the molecule is O=S(=O)(C=Cc1ccccc1)Nc1ccc(-c2cn3ccsc3n2)cc1. The fourth-order valence-corrected chi connectivity index (χ4v) is 4.08. The molecule has 2 aromatic heterocycles. The Labute approximate surface area is 155 Å². The first kappa shape index (κ1) is 16.6. The minimum atomic E-state index is -3.57. The van der Waals surface area contributed by atoms with Crippen LogP contribution in [-0.4, -0.2) is 17.8 Å². The van der Waals surface area contributed by atoms with Gasteiger partial charge in [-0.25, -0.2) is 13.4 Å². The van der Waals surface area contributed by atoms with Crippen molar-refractivity contribution in [3.8, 4) is 11.3 Å². The third-order valence-corrected chi connectivity index (χ3v) is 5.56. The first-order valence-corrected chi connectivity index (χ1v) is 10.3. The molecule has 0 aliphatic heterocycles. The lowest BCUT2D eigenvalue weighted by molar-refractivity contribution is 0.609. The number of aromatic nitrogens is 2. The average Bonchev–Trinajstić information content (AvgIpc) is 3.23. The van der Waals surface area contributed by atoms with Gasteiger partial charge in [0.15, 0.2) is 4.96 Å². The van der Waals surface area contributed by atoms with Crippen LogP contribution < -0.4 is 4.72 Å². The Morgan fingerprint density at radius 1 is 1.04 bits per heavy atom. The van der Waals surface area contributed by atoms with Gasteiger partial charge in [0.25, 0.3) is 10.0 Å². The number of sulfonamides is 1. The van der Waals surface area contributed by atoms with E-state index in [1.807, 2.05) is 64.6 Å². The zero-order chi connectivity index (χ0) is 18.0. The van der Waals surface area contributed by atoms with Crippen LogP contribution in [0.3, 0.4) is 0 Å². The second-order valence-electron chi connectivity index (χ2n) is 5.66. The van der Waals surface area contributed by atoms with Crippen molar-refractivity contribution in [3.05, 3.63) is 83.3 Å². The molecule has 0 saturated carbocycles. The van der Waals surface area contributed by atoms with Crippen molar-refractivity contribution in [1.29, 1.82) is 0 Å². The Bertz CT molecular complexity index is 1130. The maximum atomic E-state index is 12.2. The van der Waals surface area contributed by atoms with Gasteiger partial charge in [-0.15, -0.1) is 11.3 Å². The molecule has 5 nitrogen and oxygen atoms in total. The zero-order valence-corrected chi connectivity index (χ0v) is 15.2. The van der Waals surface area contributed by atoms with Crippen molar-refractivity contribution in [3.63, 3.8) is 0 Å². The monoisotopic (exact) mass is 381 g/mol. The molecular weight excluding hydrogens is 366 g/mol. The molecule has 0 spiro atoms. The first-order valence-electron chi connectivity index (χ1n) is 7.88. The van der Waals surface area contributed by atoms with E-state index in [1.165, 1.54) is 5.41 Å². The predicted molar refractivity (Wildman–Crippen MR) is 107 cm³/mol. The van der Waals surface area contributed by atoms with Crippen LogP contribution in [0, 0.1) is 0 Å². The number of imidazole rings is 1. The quantitative estimate of drug-likeness (QED) is 0.554. The maximum Gasteiger partial charge on any atom is 0.255 e. The van der Waals surface area contributed by atoms with E-state index in [2.05, 4.69) is 9.71 Å². The van der Waals surface area contributed by atoms with Gasteiger partial charge in [0, 0.05) is 29.0 Å². The van der Waals surface area contributed by atoms with Crippen molar-refractivity contribution in [1.82, 2.24) is 9.38 Å². The summed E-state index contributed by atoms with van der Waals surface area (Å²) in [6.45, 7) is 0. The number of anilines is 1. The summed E-state index contributed by atoms with van der Waals surface area (Å²) in [5.74, 6) is 0. The van der Waals surface area contributed by atoms with E-state index in [0.29, 0.717) is 5.69 Å². The Morgan fingerprint density at radius 3 is 2.54 bits per heavy atom. The number of nitrogens with one attached hydrogen (secondary N) is 1. The van der Waals surface area contributed by atoms with Gasteiger partial charge >= 0.3 is 0 Å². The van der Waals surface area contributed by atoms with Crippen molar-refractivity contribution >= 4 is 38.1 Å². The highest BCUT2D eigenvalue weighted by atomic mass is 32.2. The lowest BCUT2D eigenvalue weighted by Gasteiger charge is -2.05. The molecule has 130 valence electrons. The van der Waals surface area contributed by atoms with Crippen LogP contribution in [0.4, 0.5) is 5.69 Å². The summed E-state index contributed by atoms with van der Waals surface area (Å²) >= 11 is 1.57. The Balaban J connectivity index is 1.50. The van der Waals surface area contributed by atoms with Gasteiger partial charge in [-0.05, 0) is 23.8 Å². The van der Waals surface area contributed by atoms with Gasteiger partial charge < -0.3 is 0 Å². The summed E-state index contributed by atoms with van der Waals surface area (Å²) in [7, 11) is -3.57. The van der Waals surface area contributed by atoms with Gasteiger partial charge in [-0.3, -0.25) is 9.12 Å². The molecule has 1 N–H and O–H groups in total. The van der Waals surface area contributed by atoms with Crippen LogP contribution >= 0.6 is 11.3 Å². The Hall–Kier alpha value is -2.90. The van der Waals surface area contributed by atoms with Gasteiger partial charge in [-0.2, -0.15) is 0 Å². The molecule has 0 radical (unpaired) electrons. The normalized spacial score (nSPS) is 12.0. The van der Waals surface area contributed by atoms with E-state index in [1.54, 1.807) is 29.5 Å². The minimum Gasteiger partial charge on any atom is -0.297 e. The highest BCUT2D eigenvalue weighted by Crippen LogP contribution is 2.23. The Kier molecular flexibility index (Phi) is 4.32. The minimum absolute atomic E-state index is 0.507. The number of rotatable bonds is 5. The summed E-state index contributed by atoms with van der Waals surface area (Å²) in [4.78, 5) is 5.47. The van der Waals surface area contributed by atoms with Crippen molar-refractivity contribution in [2.75, 3.05) is 4.72 Å². The molecule has 26 heavy (non-hydrogen) atoms. The standard InChI is InChI=1S/C19H15N3O2S2/c23-26(24,13-10-15-4-2-1-3-5-15)21-17-8-6-16(7-9-17)18-14-22-11-12-25-19(22)20-18/h1-14,21H. The van der Waals surface area contributed by atoms with Crippen LogP contribution in [0.1, 0.15) is 5.56 Å². The second kappa shape index (κ2) is 6.78.